The fraction of sp³-hybridized carbons (Fsp3) is 0.300. The summed E-state index contributed by atoms with van der Waals surface area (Å²) in [6, 6.07) is 5.50. The van der Waals surface area contributed by atoms with E-state index in [0.29, 0.717) is 6.54 Å². The first-order chi connectivity index (χ1) is 7.13. The molecule has 1 rings (SSSR count). The number of ether oxygens (including phenoxy) is 1. The van der Waals surface area contributed by atoms with Crippen LogP contribution in [0.2, 0.25) is 0 Å². The second-order valence-corrected chi connectivity index (χ2v) is 3.77. The lowest BCUT2D eigenvalue weighted by Gasteiger charge is -2.07. The normalized spacial score (nSPS) is 9.73. The minimum Gasteiger partial charge on any atom is -0.496 e. The fourth-order valence-corrected chi connectivity index (χ4v) is 1.63. The molecule has 0 aromatic heterocycles. The van der Waals surface area contributed by atoms with Crippen LogP contribution in [0, 0.1) is 0 Å². The largest absolute Gasteiger partial charge is 0.496 e. The zero-order valence-electron chi connectivity index (χ0n) is 8.29. The highest BCUT2D eigenvalue weighted by molar-refractivity contribution is 9.10. The summed E-state index contributed by atoms with van der Waals surface area (Å²) >= 11 is 3.35. The van der Waals surface area contributed by atoms with Gasteiger partial charge in [0.25, 0.3) is 0 Å². The summed E-state index contributed by atoms with van der Waals surface area (Å²) in [5, 5.41) is 11.5. The van der Waals surface area contributed by atoms with E-state index < -0.39 is 5.97 Å². The van der Waals surface area contributed by atoms with Crippen LogP contribution in [0.4, 0.5) is 5.69 Å². The van der Waals surface area contributed by atoms with E-state index >= 15 is 0 Å². The molecular weight excluding hydrogens is 262 g/mol. The summed E-state index contributed by atoms with van der Waals surface area (Å²) in [6.45, 7) is 0.411. The predicted molar refractivity (Wildman–Crippen MR) is 61.4 cm³/mol. The van der Waals surface area contributed by atoms with Crippen molar-refractivity contribution >= 4 is 27.6 Å². The third kappa shape index (κ3) is 3.79. The van der Waals surface area contributed by atoms with Gasteiger partial charge in [0.2, 0.25) is 0 Å². The van der Waals surface area contributed by atoms with Gasteiger partial charge in [-0.25, -0.2) is 0 Å². The maximum atomic E-state index is 10.3. The molecule has 2 N–H and O–H groups in total. The standard InChI is InChI=1S/C10H12BrNO3/c1-15-9-3-2-7(6-8(9)11)12-5-4-10(13)14/h2-3,6,12H,4-5H2,1H3,(H,13,14). The van der Waals surface area contributed by atoms with Gasteiger partial charge < -0.3 is 15.2 Å². The first-order valence-electron chi connectivity index (χ1n) is 4.42. The van der Waals surface area contributed by atoms with Gasteiger partial charge in [-0.15, -0.1) is 0 Å². The lowest BCUT2D eigenvalue weighted by molar-refractivity contribution is -0.136. The summed E-state index contributed by atoms with van der Waals surface area (Å²) in [7, 11) is 1.59. The molecule has 0 heterocycles. The highest BCUT2D eigenvalue weighted by Crippen LogP contribution is 2.27. The SMILES string of the molecule is COc1ccc(NCCC(=O)O)cc1Br. The molecule has 0 amide bonds. The Morgan fingerprint density at radius 3 is 2.87 bits per heavy atom. The van der Waals surface area contributed by atoms with Crippen LogP contribution in [0.25, 0.3) is 0 Å². The van der Waals surface area contributed by atoms with Crippen LogP contribution in [0.15, 0.2) is 22.7 Å². The molecule has 5 heteroatoms. The van der Waals surface area contributed by atoms with E-state index in [9.17, 15) is 4.79 Å². The minimum absolute atomic E-state index is 0.101. The molecule has 0 unspecified atom stereocenters. The molecule has 0 saturated carbocycles. The minimum atomic E-state index is -0.810. The van der Waals surface area contributed by atoms with Crippen LogP contribution in [-0.2, 0) is 4.79 Å². The van der Waals surface area contributed by atoms with E-state index in [0.717, 1.165) is 15.9 Å². The van der Waals surface area contributed by atoms with E-state index in [-0.39, 0.29) is 6.42 Å². The van der Waals surface area contributed by atoms with Gasteiger partial charge in [0.1, 0.15) is 5.75 Å². The van der Waals surface area contributed by atoms with Crippen molar-refractivity contribution in [3.05, 3.63) is 22.7 Å². The summed E-state index contributed by atoms with van der Waals surface area (Å²) in [6.07, 6.45) is 0.101. The number of benzene rings is 1. The Bertz CT molecular complexity index is 355. The third-order valence-corrected chi connectivity index (χ3v) is 2.44. The Balaban J connectivity index is 2.55. The van der Waals surface area contributed by atoms with Crippen molar-refractivity contribution in [3.8, 4) is 5.75 Å². The van der Waals surface area contributed by atoms with Gasteiger partial charge in [-0.2, -0.15) is 0 Å². The average Bonchev–Trinajstić information content (AvgIpc) is 2.17. The molecular formula is C10H12BrNO3. The number of carboxylic acids is 1. The zero-order chi connectivity index (χ0) is 11.3. The Hall–Kier alpha value is -1.23. The molecule has 1 aromatic carbocycles. The van der Waals surface area contributed by atoms with Crippen LogP contribution in [-0.4, -0.2) is 24.7 Å². The number of hydrogen-bond acceptors (Lipinski definition) is 3. The highest BCUT2D eigenvalue weighted by Gasteiger charge is 2.01. The van der Waals surface area contributed by atoms with Crippen LogP contribution in [0.1, 0.15) is 6.42 Å². The summed E-state index contributed by atoms with van der Waals surface area (Å²) in [5.74, 6) is -0.0612. The summed E-state index contributed by atoms with van der Waals surface area (Å²) in [4.78, 5) is 10.3. The molecule has 15 heavy (non-hydrogen) atoms. The highest BCUT2D eigenvalue weighted by atomic mass is 79.9. The van der Waals surface area contributed by atoms with Gasteiger partial charge in [-0.1, -0.05) is 0 Å². The van der Waals surface area contributed by atoms with Crippen molar-refractivity contribution in [1.82, 2.24) is 0 Å². The number of methoxy groups -OCH3 is 1. The molecule has 82 valence electrons. The lowest BCUT2D eigenvalue weighted by atomic mass is 10.3. The maximum Gasteiger partial charge on any atom is 0.305 e. The number of rotatable bonds is 5. The molecule has 0 aliphatic heterocycles. The van der Waals surface area contributed by atoms with Crippen LogP contribution < -0.4 is 10.1 Å². The molecule has 0 radical (unpaired) electrons. The maximum absolute atomic E-state index is 10.3. The lowest BCUT2D eigenvalue weighted by Crippen LogP contribution is -2.07. The van der Waals surface area contributed by atoms with Crippen molar-refractivity contribution in [2.24, 2.45) is 0 Å². The van der Waals surface area contributed by atoms with Gasteiger partial charge >= 0.3 is 5.97 Å². The first-order valence-corrected chi connectivity index (χ1v) is 5.22. The Morgan fingerprint density at radius 1 is 1.60 bits per heavy atom. The first kappa shape index (κ1) is 11.8. The number of carbonyl (C=O) groups is 1. The van der Waals surface area contributed by atoms with E-state index in [2.05, 4.69) is 21.2 Å². The van der Waals surface area contributed by atoms with Crippen molar-refractivity contribution in [1.29, 1.82) is 0 Å². The Kier molecular flexibility index (Phi) is 4.42. The number of hydrogen-bond donors (Lipinski definition) is 2. The monoisotopic (exact) mass is 273 g/mol. The number of carboxylic acid groups (broad SMARTS) is 1. The van der Waals surface area contributed by atoms with E-state index in [4.69, 9.17) is 9.84 Å². The number of anilines is 1. The number of halogens is 1. The third-order valence-electron chi connectivity index (χ3n) is 1.82. The predicted octanol–water partition coefficient (Wildman–Crippen LogP) is 2.34. The number of aliphatic carboxylic acids is 1. The van der Waals surface area contributed by atoms with Gasteiger partial charge in [0, 0.05) is 12.2 Å². The van der Waals surface area contributed by atoms with Gasteiger partial charge in [-0.05, 0) is 34.1 Å². The van der Waals surface area contributed by atoms with Crippen molar-refractivity contribution in [2.45, 2.75) is 6.42 Å². The van der Waals surface area contributed by atoms with Crippen LogP contribution in [0.5, 0.6) is 5.75 Å². The quantitative estimate of drug-likeness (QED) is 0.865. The van der Waals surface area contributed by atoms with Gasteiger partial charge in [0.05, 0.1) is 18.0 Å². The smallest absolute Gasteiger partial charge is 0.305 e. The molecule has 0 saturated heterocycles. The molecule has 0 bridgehead atoms. The van der Waals surface area contributed by atoms with Gasteiger partial charge in [-0.3, -0.25) is 4.79 Å². The Labute approximate surface area is 96.4 Å². The molecule has 4 nitrogen and oxygen atoms in total. The van der Waals surface area contributed by atoms with Crippen molar-refractivity contribution < 1.29 is 14.6 Å². The molecule has 0 atom stereocenters. The van der Waals surface area contributed by atoms with Crippen LogP contribution in [0.3, 0.4) is 0 Å². The molecule has 0 aliphatic rings. The summed E-state index contributed by atoms with van der Waals surface area (Å²) in [5.41, 5.74) is 0.865. The van der Waals surface area contributed by atoms with E-state index in [1.807, 2.05) is 18.2 Å². The zero-order valence-corrected chi connectivity index (χ0v) is 9.87. The molecule has 0 spiro atoms. The Morgan fingerprint density at radius 2 is 2.33 bits per heavy atom. The van der Waals surface area contributed by atoms with Crippen molar-refractivity contribution in [3.63, 3.8) is 0 Å². The van der Waals surface area contributed by atoms with E-state index in [1.54, 1.807) is 7.11 Å². The second-order valence-electron chi connectivity index (χ2n) is 2.92. The summed E-state index contributed by atoms with van der Waals surface area (Å²) < 4.78 is 5.91. The fourth-order valence-electron chi connectivity index (χ4n) is 1.09. The average molecular weight is 274 g/mol. The van der Waals surface area contributed by atoms with Crippen LogP contribution >= 0.6 is 15.9 Å². The van der Waals surface area contributed by atoms with Crippen molar-refractivity contribution in [2.75, 3.05) is 19.0 Å². The van der Waals surface area contributed by atoms with E-state index in [1.165, 1.54) is 0 Å². The van der Waals surface area contributed by atoms with Gasteiger partial charge in [0.15, 0.2) is 0 Å². The molecule has 0 fully saturated rings. The molecule has 0 aliphatic carbocycles. The number of nitrogens with one attached hydrogen (secondary N) is 1. The second kappa shape index (κ2) is 5.60. The molecule has 1 aromatic rings. The topological polar surface area (TPSA) is 58.6 Å².